The van der Waals surface area contributed by atoms with Gasteiger partial charge >= 0.3 is 0 Å². The van der Waals surface area contributed by atoms with Crippen LogP contribution in [0.2, 0.25) is 0 Å². The summed E-state index contributed by atoms with van der Waals surface area (Å²) in [5.74, 6) is 0.834. The van der Waals surface area contributed by atoms with Crippen molar-refractivity contribution in [2.75, 3.05) is 39.8 Å². The fourth-order valence-corrected chi connectivity index (χ4v) is 3.18. The lowest BCUT2D eigenvalue weighted by Gasteiger charge is -2.35. The lowest BCUT2D eigenvalue weighted by molar-refractivity contribution is -0.0336. The van der Waals surface area contributed by atoms with Crippen LogP contribution in [0.25, 0.3) is 0 Å². The number of nitriles is 1. The fourth-order valence-electron chi connectivity index (χ4n) is 3.18. The second-order valence-electron chi connectivity index (χ2n) is 6.75. The summed E-state index contributed by atoms with van der Waals surface area (Å²) < 4.78 is 7.56. The monoisotopic (exact) mass is 316 g/mol. The molecular weight excluding hydrogens is 292 g/mol. The summed E-state index contributed by atoms with van der Waals surface area (Å²) in [7, 11) is 3.92. The van der Waals surface area contributed by atoms with Crippen molar-refractivity contribution in [2.24, 2.45) is 13.0 Å². The van der Waals surface area contributed by atoms with E-state index in [2.05, 4.69) is 18.0 Å². The lowest BCUT2D eigenvalue weighted by Crippen LogP contribution is -2.49. The van der Waals surface area contributed by atoms with Crippen molar-refractivity contribution >= 4 is 5.91 Å². The van der Waals surface area contributed by atoms with Crippen LogP contribution in [0, 0.1) is 17.2 Å². The van der Waals surface area contributed by atoms with Crippen LogP contribution < -0.4 is 0 Å². The normalized spacial score (nSPS) is 21.5. The Kier molecular flexibility index (Phi) is 4.69. The van der Waals surface area contributed by atoms with Gasteiger partial charge in [0.05, 0.1) is 18.3 Å². The van der Waals surface area contributed by atoms with Gasteiger partial charge in [-0.3, -0.25) is 4.79 Å². The number of carbonyl (C=O) groups is 1. The van der Waals surface area contributed by atoms with E-state index in [1.54, 1.807) is 23.9 Å². The van der Waals surface area contributed by atoms with Crippen LogP contribution in [-0.2, 0) is 11.8 Å². The minimum absolute atomic E-state index is 0.0212. The van der Waals surface area contributed by atoms with E-state index in [-0.39, 0.29) is 12.0 Å². The van der Waals surface area contributed by atoms with Crippen molar-refractivity contribution in [3.05, 3.63) is 23.5 Å². The molecule has 0 N–H and O–H groups in total. The molecule has 6 nitrogen and oxygen atoms in total. The zero-order valence-electron chi connectivity index (χ0n) is 13.9. The van der Waals surface area contributed by atoms with Gasteiger partial charge in [0.2, 0.25) is 0 Å². The highest BCUT2D eigenvalue weighted by molar-refractivity contribution is 5.93. The van der Waals surface area contributed by atoms with Crippen LogP contribution in [-0.4, -0.2) is 66.2 Å². The number of ether oxygens (including phenoxy) is 1. The van der Waals surface area contributed by atoms with E-state index in [0.29, 0.717) is 31.0 Å². The van der Waals surface area contributed by atoms with Gasteiger partial charge in [-0.25, -0.2) is 0 Å². The molecule has 2 heterocycles. The first-order chi connectivity index (χ1) is 11.1. The molecule has 0 radical (unpaired) electrons. The number of morpholine rings is 1. The largest absolute Gasteiger partial charge is 0.373 e. The Morgan fingerprint density at radius 1 is 1.48 bits per heavy atom. The third-order valence-electron chi connectivity index (χ3n) is 4.56. The maximum atomic E-state index is 12.7. The maximum absolute atomic E-state index is 12.7. The molecule has 0 bridgehead atoms. The molecule has 23 heavy (non-hydrogen) atoms. The van der Waals surface area contributed by atoms with E-state index in [9.17, 15) is 4.79 Å². The van der Waals surface area contributed by atoms with Crippen LogP contribution in [0.1, 0.15) is 28.9 Å². The number of rotatable bonds is 5. The van der Waals surface area contributed by atoms with E-state index in [0.717, 1.165) is 19.0 Å². The predicted molar refractivity (Wildman–Crippen MR) is 86.0 cm³/mol. The number of aromatic nitrogens is 1. The summed E-state index contributed by atoms with van der Waals surface area (Å²) in [5, 5.41) is 8.97. The Labute approximate surface area is 137 Å². The minimum Gasteiger partial charge on any atom is -0.373 e. The highest BCUT2D eigenvalue weighted by atomic mass is 16.5. The second kappa shape index (κ2) is 6.73. The molecule has 1 saturated carbocycles. The Hall–Kier alpha value is -1.84. The highest BCUT2D eigenvalue weighted by Gasteiger charge is 2.29. The maximum Gasteiger partial charge on any atom is 0.270 e. The molecule has 2 aliphatic rings. The Bertz CT molecular complexity index is 615. The van der Waals surface area contributed by atoms with Crippen LogP contribution in [0.3, 0.4) is 0 Å². The molecule has 2 fully saturated rings. The van der Waals surface area contributed by atoms with E-state index in [1.807, 2.05) is 4.90 Å². The summed E-state index contributed by atoms with van der Waals surface area (Å²) in [4.78, 5) is 16.9. The van der Waals surface area contributed by atoms with Gasteiger partial charge in [-0.1, -0.05) is 0 Å². The molecule has 1 saturated heterocycles. The number of aryl methyl sites for hydroxylation is 1. The first kappa shape index (κ1) is 16.0. The fraction of sp³-hybridized carbons (Fsp3) is 0.647. The number of amides is 1. The van der Waals surface area contributed by atoms with Crippen molar-refractivity contribution in [1.82, 2.24) is 14.4 Å². The molecule has 0 aromatic carbocycles. The molecule has 1 aromatic rings. The van der Waals surface area contributed by atoms with Crippen molar-refractivity contribution in [2.45, 2.75) is 18.9 Å². The number of carbonyl (C=O) groups excluding carboxylic acids is 1. The number of nitrogens with zero attached hydrogens (tertiary/aromatic N) is 4. The van der Waals surface area contributed by atoms with Crippen LogP contribution >= 0.6 is 0 Å². The summed E-state index contributed by atoms with van der Waals surface area (Å²) in [6.07, 6.45) is 4.44. The zero-order chi connectivity index (χ0) is 16.4. The van der Waals surface area contributed by atoms with Gasteiger partial charge in [0, 0.05) is 39.4 Å². The van der Waals surface area contributed by atoms with Crippen LogP contribution in [0.4, 0.5) is 0 Å². The molecular formula is C17H24N4O2. The number of hydrogen-bond donors (Lipinski definition) is 0. The Morgan fingerprint density at radius 2 is 2.26 bits per heavy atom. The van der Waals surface area contributed by atoms with Gasteiger partial charge in [-0.2, -0.15) is 5.26 Å². The van der Waals surface area contributed by atoms with Crippen molar-refractivity contribution < 1.29 is 9.53 Å². The molecule has 6 heteroatoms. The molecule has 3 rings (SSSR count). The molecule has 1 aromatic heterocycles. The average molecular weight is 316 g/mol. The van der Waals surface area contributed by atoms with E-state index in [1.165, 1.54) is 12.8 Å². The molecule has 1 aliphatic carbocycles. The van der Waals surface area contributed by atoms with Crippen LogP contribution in [0.5, 0.6) is 0 Å². The molecule has 124 valence electrons. The highest BCUT2D eigenvalue weighted by Crippen LogP contribution is 2.29. The van der Waals surface area contributed by atoms with E-state index in [4.69, 9.17) is 10.00 Å². The molecule has 0 spiro atoms. The molecule has 1 atom stereocenters. The minimum atomic E-state index is -0.0212. The topological polar surface area (TPSA) is 61.5 Å². The van der Waals surface area contributed by atoms with Gasteiger partial charge in [0.1, 0.15) is 11.8 Å². The first-order valence-electron chi connectivity index (χ1n) is 8.22. The SMILES string of the molecule is CN(CC1CC1)CC1CN(C(=O)c2cc(C#N)cn2C)CCO1. The zero-order valence-corrected chi connectivity index (χ0v) is 13.9. The lowest BCUT2D eigenvalue weighted by atomic mass is 10.2. The number of likely N-dealkylation sites (N-methyl/N-ethyl adjacent to an activating group) is 1. The summed E-state index contributed by atoms with van der Waals surface area (Å²) in [6, 6.07) is 3.74. The van der Waals surface area contributed by atoms with Gasteiger partial charge in [0.15, 0.2) is 0 Å². The summed E-state index contributed by atoms with van der Waals surface area (Å²) >= 11 is 0. The van der Waals surface area contributed by atoms with Gasteiger partial charge in [-0.15, -0.1) is 0 Å². The quantitative estimate of drug-likeness (QED) is 0.815. The van der Waals surface area contributed by atoms with Gasteiger partial charge in [-0.05, 0) is 31.9 Å². The summed E-state index contributed by atoms with van der Waals surface area (Å²) in [5.41, 5.74) is 1.08. The predicted octanol–water partition coefficient (Wildman–Crippen LogP) is 1.08. The first-order valence-corrected chi connectivity index (χ1v) is 8.22. The van der Waals surface area contributed by atoms with Crippen molar-refractivity contribution in [1.29, 1.82) is 5.26 Å². The van der Waals surface area contributed by atoms with Crippen molar-refractivity contribution in [3.63, 3.8) is 0 Å². The van der Waals surface area contributed by atoms with E-state index >= 15 is 0 Å². The smallest absolute Gasteiger partial charge is 0.270 e. The van der Waals surface area contributed by atoms with Gasteiger partial charge < -0.3 is 19.1 Å². The Morgan fingerprint density at radius 3 is 2.91 bits per heavy atom. The van der Waals surface area contributed by atoms with E-state index < -0.39 is 0 Å². The molecule has 1 unspecified atom stereocenters. The van der Waals surface area contributed by atoms with Crippen LogP contribution in [0.15, 0.2) is 12.3 Å². The van der Waals surface area contributed by atoms with Crippen molar-refractivity contribution in [3.8, 4) is 6.07 Å². The summed E-state index contributed by atoms with van der Waals surface area (Å²) in [6.45, 7) is 3.77. The average Bonchev–Trinajstić information content (AvgIpc) is 3.26. The Balaban J connectivity index is 1.59. The third kappa shape index (κ3) is 3.92. The van der Waals surface area contributed by atoms with Gasteiger partial charge in [0.25, 0.3) is 5.91 Å². The third-order valence-corrected chi connectivity index (χ3v) is 4.56. The molecule has 1 aliphatic heterocycles. The molecule has 1 amide bonds. The standard InChI is InChI=1S/C17H24N4O2/c1-19(9-13-3-4-13)11-15-12-21(5-6-23-15)17(22)16-7-14(8-18)10-20(16)2/h7,10,13,15H,3-6,9,11-12H2,1-2H3. The second-order valence-corrected chi connectivity index (χ2v) is 6.75. The number of hydrogen-bond acceptors (Lipinski definition) is 4.